The predicted octanol–water partition coefficient (Wildman–Crippen LogP) is 4.09. The first-order valence-corrected chi connectivity index (χ1v) is 7.66. The number of alkyl halides is 3. The summed E-state index contributed by atoms with van der Waals surface area (Å²) < 4.78 is 55.0. The van der Waals surface area contributed by atoms with Gasteiger partial charge in [-0.15, -0.1) is 0 Å². The smallest absolute Gasteiger partial charge is 0.417 e. The fraction of sp³-hybridized carbons (Fsp3) is 0.118. The van der Waals surface area contributed by atoms with Crippen LogP contribution in [0.3, 0.4) is 0 Å². The number of rotatable bonds is 5. The van der Waals surface area contributed by atoms with Crippen molar-refractivity contribution in [2.45, 2.75) is 6.18 Å². The van der Waals surface area contributed by atoms with E-state index in [1.54, 1.807) is 0 Å². The van der Waals surface area contributed by atoms with Gasteiger partial charge in [0, 0.05) is 12.3 Å². The third kappa shape index (κ3) is 6.37. The molecule has 1 N–H and O–H groups in total. The van der Waals surface area contributed by atoms with Crippen molar-refractivity contribution in [1.29, 1.82) is 0 Å². The number of esters is 1. The summed E-state index contributed by atoms with van der Waals surface area (Å²) in [7, 11) is 0. The number of carbonyl (C=O) groups excluding carboxylic acids is 2. The Morgan fingerprint density at radius 2 is 1.89 bits per heavy atom. The minimum Gasteiger partial charge on any atom is -0.452 e. The summed E-state index contributed by atoms with van der Waals surface area (Å²) in [6, 6.07) is 5.90. The topological polar surface area (TPSA) is 68.3 Å². The number of nitrogens with zero attached hydrogens (tertiary/aromatic N) is 1. The van der Waals surface area contributed by atoms with Crippen LogP contribution in [0.4, 0.5) is 23.4 Å². The maximum absolute atomic E-state index is 12.8. The van der Waals surface area contributed by atoms with Crippen molar-refractivity contribution < 1.29 is 31.9 Å². The van der Waals surface area contributed by atoms with E-state index in [0.29, 0.717) is 17.8 Å². The molecule has 0 saturated carbocycles. The monoisotopic (exact) mass is 402 g/mol. The number of hydrogen-bond donors (Lipinski definition) is 1. The number of amides is 1. The number of aromatic nitrogens is 1. The van der Waals surface area contributed by atoms with Gasteiger partial charge in [0.1, 0.15) is 5.82 Å². The van der Waals surface area contributed by atoms with Crippen molar-refractivity contribution in [2.75, 3.05) is 11.9 Å². The van der Waals surface area contributed by atoms with Crippen molar-refractivity contribution in [3.05, 3.63) is 64.6 Å². The molecule has 0 fully saturated rings. The fourth-order valence-electron chi connectivity index (χ4n) is 1.78. The molecule has 1 heterocycles. The van der Waals surface area contributed by atoms with Crippen molar-refractivity contribution in [1.82, 2.24) is 4.98 Å². The van der Waals surface area contributed by atoms with Gasteiger partial charge in [-0.1, -0.05) is 23.7 Å². The first-order chi connectivity index (χ1) is 12.6. The standard InChI is InChI=1S/C17H11ClF4N2O3/c18-13-7-11(17(20,21)22)8-23-16(13)24-14(25)9-27-15(26)6-3-10-1-4-12(19)5-2-10/h1-8H,9H2,(H,23,24,25)/b6-3+. The Balaban J connectivity index is 1.87. The summed E-state index contributed by atoms with van der Waals surface area (Å²) in [5, 5.41) is 1.72. The molecular weight excluding hydrogens is 392 g/mol. The summed E-state index contributed by atoms with van der Waals surface area (Å²) in [6.07, 6.45) is -1.72. The van der Waals surface area contributed by atoms with Crippen LogP contribution in [0.2, 0.25) is 5.02 Å². The van der Waals surface area contributed by atoms with Crippen LogP contribution in [0.25, 0.3) is 6.08 Å². The second kappa shape index (κ2) is 8.63. The number of halogens is 5. The van der Waals surface area contributed by atoms with Gasteiger partial charge in [-0.3, -0.25) is 4.79 Å². The Hall–Kier alpha value is -2.94. The molecule has 0 unspecified atom stereocenters. The molecule has 27 heavy (non-hydrogen) atoms. The largest absolute Gasteiger partial charge is 0.452 e. The van der Waals surface area contributed by atoms with Crippen LogP contribution in [0, 0.1) is 5.82 Å². The van der Waals surface area contributed by atoms with Crippen molar-refractivity contribution in [2.24, 2.45) is 0 Å². The molecule has 1 aromatic carbocycles. The minimum absolute atomic E-state index is 0.299. The summed E-state index contributed by atoms with van der Waals surface area (Å²) in [5.41, 5.74) is -0.526. The third-order valence-corrected chi connectivity index (χ3v) is 3.34. The van der Waals surface area contributed by atoms with Crippen LogP contribution in [0.5, 0.6) is 0 Å². The van der Waals surface area contributed by atoms with Gasteiger partial charge in [0.25, 0.3) is 5.91 Å². The zero-order valence-electron chi connectivity index (χ0n) is 13.4. The van der Waals surface area contributed by atoms with Crippen LogP contribution in [-0.2, 0) is 20.5 Å². The zero-order chi connectivity index (χ0) is 20.0. The molecule has 2 aromatic rings. The van der Waals surface area contributed by atoms with Gasteiger partial charge in [-0.25, -0.2) is 14.2 Å². The number of anilines is 1. The van der Waals surface area contributed by atoms with Gasteiger partial charge in [-0.2, -0.15) is 13.2 Å². The molecule has 0 saturated heterocycles. The van der Waals surface area contributed by atoms with Crippen LogP contribution in [0.1, 0.15) is 11.1 Å². The van der Waals surface area contributed by atoms with Gasteiger partial charge in [0.2, 0.25) is 0 Å². The van der Waals surface area contributed by atoms with Crippen LogP contribution < -0.4 is 5.32 Å². The highest BCUT2D eigenvalue weighted by molar-refractivity contribution is 6.33. The van der Waals surface area contributed by atoms with Crippen molar-refractivity contribution in [3.63, 3.8) is 0 Å². The Morgan fingerprint density at radius 3 is 2.48 bits per heavy atom. The predicted molar refractivity (Wildman–Crippen MR) is 89.3 cm³/mol. The number of carbonyl (C=O) groups is 2. The SMILES string of the molecule is O=C(COC(=O)/C=C/c1ccc(F)cc1)Nc1ncc(C(F)(F)F)cc1Cl. The molecule has 5 nitrogen and oxygen atoms in total. The molecule has 2 rings (SSSR count). The first-order valence-electron chi connectivity index (χ1n) is 7.28. The lowest BCUT2D eigenvalue weighted by Crippen LogP contribution is -2.21. The van der Waals surface area contributed by atoms with E-state index >= 15 is 0 Å². The molecule has 1 aromatic heterocycles. The molecule has 142 valence electrons. The summed E-state index contributed by atoms with van der Waals surface area (Å²) in [5.74, 6) is -2.41. The van der Waals surface area contributed by atoms with Crippen LogP contribution in [-0.4, -0.2) is 23.5 Å². The van der Waals surface area contributed by atoms with E-state index in [2.05, 4.69) is 15.0 Å². The minimum atomic E-state index is -4.62. The Morgan fingerprint density at radius 1 is 1.22 bits per heavy atom. The van der Waals surface area contributed by atoms with Crippen LogP contribution in [0.15, 0.2) is 42.6 Å². The lowest BCUT2D eigenvalue weighted by atomic mass is 10.2. The molecule has 0 spiro atoms. The molecule has 0 atom stereocenters. The number of hydrogen-bond acceptors (Lipinski definition) is 4. The Bertz CT molecular complexity index is 867. The molecular formula is C17H11ClF4N2O3. The molecule has 0 aliphatic heterocycles. The second-order valence-electron chi connectivity index (χ2n) is 5.09. The van der Waals surface area contributed by atoms with Gasteiger partial charge < -0.3 is 10.1 Å². The highest BCUT2D eigenvalue weighted by atomic mass is 35.5. The normalized spacial score (nSPS) is 11.4. The molecule has 0 bridgehead atoms. The molecule has 0 radical (unpaired) electrons. The average molecular weight is 403 g/mol. The lowest BCUT2D eigenvalue weighted by Gasteiger charge is -2.10. The van der Waals surface area contributed by atoms with Crippen molar-refractivity contribution >= 4 is 35.4 Å². The maximum atomic E-state index is 12.8. The van der Waals surface area contributed by atoms with Gasteiger partial charge in [-0.05, 0) is 29.8 Å². The second-order valence-corrected chi connectivity index (χ2v) is 5.50. The van der Waals surface area contributed by atoms with Crippen molar-refractivity contribution in [3.8, 4) is 0 Å². The molecule has 10 heteroatoms. The van der Waals surface area contributed by atoms with E-state index in [1.807, 2.05) is 0 Å². The zero-order valence-corrected chi connectivity index (χ0v) is 14.1. The molecule has 1 amide bonds. The van der Waals surface area contributed by atoms with Gasteiger partial charge >= 0.3 is 12.1 Å². The lowest BCUT2D eigenvalue weighted by molar-refractivity contribution is -0.142. The highest BCUT2D eigenvalue weighted by Gasteiger charge is 2.31. The van der Waals surface area contributed by atoms with E-state index in [-0.39, 0.29) is 5.82 Å². The third-order valence-electron chi connectivity index (χ3n) is 3.05. The van der Waals surface area contributed by atoms with Gasteiger partial charge in [0.15, 0.2) is 12.4 Å². The van der Waals surface area contributed by atoms with E-state index in [1.165, 1.54) is 30.3 Å². The first kappa shape index (κ1) is 20.4. The number of ether oxygens (including phenoxy) is 1. The summed E-state index contributed by atoms with van der Waals surface area (Å²) in [4.78, 5) is 26.6. The Kier molecular flexibility index (Phi) is 6.51. The quantitative estimate of drug-likeness (QED) is 0.465. The number of benzene rings is 1. The number of pyridine rings is 1. The van der Waals surface area contributed by atoms with E-state index in [9.17, 15) is 27.2 Å². The maximum Gasteiger partial charge on any atom is 0.417 e. The van der Waals surface area contributed by atoms with Crippen LogP contribution >= 0.6 is 11.6 Å². The molecule has 0 aliphatic rings. The van der Waals surface area contributed by atoms with Gasteiger partial charge in [0.05, 0.1) is 10.6 Å². The van der Waals surface area contributed by atoms with E-state index in [0.717, 1.165) is 6.08 Å². The van der Waals surface area contributed by atoms with E-state index in [4.69, 9.17) is 11.6 Å². The fourth-order valence-corrected chi connectivity index (χ4v) is 1.99. The highest BCUT2D eigenvalue weighted by Crippen LogP contribution is 2.32. The summed E-state index contributed by atoms with van der Waals surface area (Å²) >= 11 is 5.65. The average Bonchev–Trinajstić information content (AvgIpc) is 2.60. The Labute approximate surface area is 155 Å². The van der Waals surface area contributed by atoms with E-state index < -0.39 is 41.1 Å². The summed E-state index contributed by atoms with van der Waals surface area (Å²) in [6.45, 7) is -0.703. The molecule has 0 aliphatic carbocycles. The number of nitrogens with one attached hydrogen (secondary N) is 1.